The van der Waals surface area contributed by atoms with Crippen molar-refractivity contribution in [1.29, 1.82) is 0 Å². The highest BCUT2D eigenvalue weighted by Crippen LogP contribution is 2.34. The molecule has 0 aromatic carbocycles. The van der Waals surface area contributed by atoms with E-state index in [0.717, 1.165) is 24.5 Å². The van der Waals surface area contributed by atoms with Crippen LogP contribution in [0.25, 0.3) is 0 Å². The Hall–Kier alpha value is -2.31. The summed E-state index contributed by atoms with van der Waals surface area (Å²) >= 11 is 0. The van der Waals surface area contributed by atoms with Crippen LogP contribution in [-0.2, 0) is 9.47 Å². The molecule has 7 heteroatoms. The Balaban J connectivity index is 1.65. The monoisotopic (exact) mass is 375 g/mol. The number of carbonyl (C=O) groups is 2. The van der Waals surface area contributed by atoms with Crippen molar-refractivity contribution >= 4 is 17.9 Å². The molecule has 2 aliphatic rings. The lowest BCUT2D eigenvalue weighted by atomic mass is 10.0. The molecule has 148 valence electrons. The summed E-state index contributed by atoms with van der Waals surface area (Å²) in [5.74, 6) is 1.27. The van der Waals surface area contributed by atoms with Crippen molar-refractivity contribution in [2.45, 2.75) is 40.2 Å². The number of aryl methyl sites for hydroxylation is 1. The zero-order valence-electron chi connectivity index (χ0n) is 16.8. The molecule has 0 unspecified atom stereocenters. The number of hydrogen-bond acceptors (Lipinski definition) is 6. The molecule has 2 fully saturated rings. The lowest BCUT2D eigenvalue weighted by Gasteiger charge is -2.26. The standard InChI is InChI=1S/C20H29N3O4/c1-6-26-18(24)16-7-17(21-8-13(16)2)22-9-14-11-23(12-15(14)10-22)19(25)27-20(3,4)5/h7-8,14-15H,6,9-12H2,1-5H3/t14-,15+. The molecule has 1 aromatic heterocycles. The molecular weight excluding hydrogens is 346 g/mol. The fourth-order valence-corrected chi connectivity index (χ4v) is 3.77. The van der Waals surface area contributed by atoms with Gasteiger partial charge < -0.3 is 19.3 Å². The molecule has 0 N–H and O–H groups in total. The molecule has 7 nitrogen and oxygen atoms in total. The van der Waals surface area contributed by atoms with Crippen LogP contribution >= 0.6 is 0 Å². The van der Waals surface area contributed by atoms with Gasteiger partial charge in [0.2, 0.25) is 0 Å². The largest absolute Gasteiger partial charge is 0.462 e. The Bertz CT molecular complexity index is 714. The van der Waals surface area contributed by atoms with Crippen molar-refractivity contribution in [3.05, 3.63) is 23.4 Å². The summed E-state index contributed by atoms with van der Waals surface area (Å²) in [5, 5.41) is 0. The van der Waals surface area contributed by atoms with Crippen LogP contribution in [-0.4, -0.2) is 60.3 Å². The Labute approximate surface area is 160 Å². The lowest BCUT2D eigenvalue weighted by molar-refractivity contribution is 0.0282. The number of rotatable bonds is 3. The highest BCUT2D eigenvalue weighted by Gasteiger charge is 2.43. The zero-order valence-corrected chi connectivity index (χ0v) is 16.8. The maximum Gasteiger partial charge on any atom is 0.410 e. The second kappa shape index (κ2) is 7.37. The van der Waals surface area contributed by atoms with Crippen LogP contribution in [0.15, 0.2) is 12.3 Å². The second-order valence-electron chi connectivity index (χ2n) is 8.39. The minimum Gasteiger partial charge on any atom is -0.462 e. The Morgan fingerprint density at radius 2 is 1.81 bits per heavy atom. The number of ether oxygens (including phenoxy) is 2. The van der Waals surface area contributed by atoms with Gasteiger partial charge >= 0.3 is 12.1 Å². The first kappa shape index (κ1) is 19.5. The average Bonchev–Trinajstić information content (AvgIpc) is 3.12. The van der Waals surface area contributed by atoms with E-state index in [9.17, 15) is 9.59 Å². The first-order valence-corrected chi connectivity index (χ1v) is 9.54. The number of likely N-dealkylation sites (tertiary alicyclic amines) is 1. The van der Waals surface area contributed by atoms with Gasteiger partial charge in [-0.05, 0) is 46.2 Å². The van der Waals surface area contributed by atoms with Crippen LogP contribution in [0.5, 0.6) is 0 Å². The Kier molecular flexibility index (Phi) is 5.31. The fraction of sp³-hybridized carbons (Fsp3) is 0.650. The highest BCUT2D eigenvalue weighted by atomic mass is 16.6. The van der Waals surface area contributed by atoms with E-state index in [1.54, 1.807) is 13.1 Å². The Morgan fingerprint density at radius 3 is 2.37 bits per heavy atom. The summed E-state index contributed by atoms with van der Waals surface area (Å²) in [6.07, 6.45) is 1.49. The highest BCUT2D eigenvalue weighted by molar-refractivity contribution is 5.91. The van der Waals surface area contributed by atoms with Crippen LogP contribution in [0.1, 0.15) is 43.6 Å². The number of anilines is 1. The van der Waals surface area contributed by atoms with E-state index in [1.165, 1.54) is 0 Å². The van der Waals surface area contributed by atoms with Crippen molar-refractivity contribution in [1.82, 2.24) is 9.88 Å². The van der Waals surface area contributed by atoms with Gasteiger partial charge in [0.15, 0.2) is 0 Å². The molecule has 1 amide bonds. The van der Waals surface area contributed by atoms with Crippen LogP contribution in [0.2, 0.25) is 0 Å². The minimum absolute atomic E-state index is 0.235. The average molecular weight is 375 g/mol. The molecule has 2 aliphatic heterocycles. The summed E-state index contributed by atoms with van der Waals surface area (Å²) in [6.45, 7) is 12.7. The van der Waals surface area contributed by atoms with Gasteiger partial charge in [0.1, 0.15) is 11.4 Å². The predicted octanol–water partition coefficient (Wildman–Crippen LogP) is 2.87. The van der Waals surface area contributed by atoms with Gasteiger partial charge in [-0.1, -0.05) is 0 Å². The fourth-order valence-electron chi connectivity index (χ4n) is 3.77. The molecule has 3 rings (SSSR count). The topological polar surface area (TPSA) is 72.0 Å². The van der Waals surface area contributed by atoms with Gasteiger partial charge in [-0.2, -0.15) is 0 Å². The molecule has 0 bridgehead atoms. The maximum atomic E-state index is 12.3. The Morgan fingerprint density at radius 1 is 1.19 bits per heavy atom. The van der Waals surface area contributed by atoms with Gasteiger partial charge in [0.05, 0.1) is 12.2 Å². The van der Waals surface area contributed by atoms with E-state index in [2.05, 4.69) is 9.88 Å². The van der Waals surface area contributed by atoms with Crippen molar-refractivity contribution < 1.29 is 19.1 Å². The molecule has 0 aliphatic carbocycles. The number of pyridine rings is 1. The molecule has 27 heavy (non-hydrogen) atoms. The molecule has 2 saturated heterocycles. The molecule has 2 atom stereocenters. The van der Waals surface area contributed by atoms with E-state index >= 15 is 0 Å². The third-order valence-corrected chi connectivity index (χ3v) is 5.05. The molecule has 0 spiro atoms. The minimum atomic E-state index is -0.476. The normalized spacial score (nSPS) is 22.0. The van der Waals surface area contributed by atoms with Gasteiger partial charge in [0, 0.05) is 44.2 Å². The molecule has 3 heterocycles. The summed E-state index contributed by atoms with van der Waals surface area (Å²) < 4.78 is 10.6. The van der Waals surface area contributed by atoms with E-state index in [1.807, 2.05) is 38.7 Å². The van der Waals surface area contributed by atoms with Crippen LogP contribution in [0.4, 0.5) is 10.6 Å². The number of hydrogen-bond donors (Lipinski definition) is 0. The third-order valence-electron chi connectivity index (χ3n) is 5.05. The predicted molar refractivity (Wildman–Crippen MR) is 102 cm³/mol. The van der Waals surface area contributed by atoms with Crippen LogP contribution < -0.4 is 4.90 Å². The molecule has 1 aromatic rings. The number of carbonyl (C=O) groups excluding carboxylic acids is 2. The summed E-state index contributed by atoms with van der Waals surface area (Å²) in [6, 6.07) is 1.82. The van der Waals surface area contributed by atoms with Gasteiger partial charge in [-0.15, -0.1) is 0 Å². The summed E-state index contributed by atoms with van der Waals surface area (Å²) in [7, 11) is 0. The van der Waals surface area contributed by atoms with Gasteiger partial charge in [0.25, 0.3) is 0 Å². The number of nitrogens with zero attached hydrogens (tertiary/aromatic N) is 3. The maximum absolute atomic E-state index is 12.3. The lowest BCUT2D eigenvalue weighted by Crippen LogP contribution is -2.37. The number of amides is 1. The van der Waals surface area contributed by atoms with Crippen molar-refractivity contribution in [3.8, 4) is 0 Å². The second-order valence-corrected chi connectivity index (χ2v) is 8.39. The number of esters is 1. The third kappa shape index (κ3) is 4.34. The van der Waals surface area contributed by atoms with Crippen molar-refractivity contribution in [2.75, 3.05) is 37.7 Å². The van der Waals surface area contributed by atoms with E-state index in [0.29, 0.717) is 37.1 Å². The van der Waals surface area contributed by atoms with Crippen molar-refractivity contribution in [3.63, 3.8) is 0 Å². The van der Waals surface area contributed by atoms with E-state index in [4.69, 9.17) is 9.47 Å². The van der Waals surface area contributed by atoms with Crippen LogP contribution in [0, 0.1) is 18.8 Å². The smallest absolute Gasteiger partial charge is 0.410 e. The molecular formula is C20H29N3O4. The SMILES string of the molecule is CCOC(=O)c1cc(N2C[C@H]3CN(C(=O)OC(C)(C)C)C[C@H]3C2)ncc1C. The zero-order chi connectivity index (χ0) is 19.8. The van der Waals surface area contributed by atoms with Gasteiger partial charge in [-0.25, -0.2) is 14.6 Å². The first-order valence-electron chi connectivity index (χ1n) is 9.54. The number of fused-ring (bicyclic) bond motifs is 1. The molecule has 0 saturated carbocycles. The van der Waals surface area contributed by atoms with Crippen molar-refractivity contribution in [2.24, 2.45) is 11.8 Å². The van der Waals surface area contributed by atoms with E-state index in [-0.39, 0.29) is 12.1 Å². The first-order chi connectivity index (χ1) is 12.7. The number of aromatic nitrogens is 1. The molecule has 0 radical (unpaired) electrons. The summed E-state index contributed by atoms with van der Waals surface area (Å²) in [5.41, 5.74) is 0.901. The summed E-state index contributed by atoms with van der Waals surface area (Å²) in [4.78, 5) is 32.9. The van der Waals surface area contributed by atoms with E-state index < -0.39 is 5.60 Å². The van der Waals surface area contributed by atoms with Gasteiger partial charge in [-0.3, -0.25) is 0 Å². The van der Waals surface area contributed by atoms with Crippen LogP contribution in [0.3, 0.4) is 0 Å². The quantitative estimate of drug-likeness (QED) is 0.757.